The fourth-order valence-corrected chi connectivity index (χ4v) is 1.95. The largest absolute Gasteiger partial charge is 0.475 e. The van der Waals surface area contributed by atoms with Gasteiger partial charge in [-0.25, -0.2) is 9.98 Å². The summed E-state index contributed by atoms with van der Waals surface area (Å²) in [6, 6.07) is 0.290. The van der Waals surface area contributed by atoms with Gasteiger partial charge in [0.05, 0.1) is 11.6 Å². The molecule has 112 valence electrons. The summed E-state index contributed by atoms with van der Waals surface area (Å²) in [6.45, 7) is 16.2. The molecule has 0 aliphatic carbocycles. The maximum Gasteiger partial charge on any atom is 0.208 e. The summed E-state index contributed by atoms with van der Waals surface area (Å²) < 4.78 is 10.6. The van der Waals surface area contributed by atoms with Crippen LogP contribution in [0.4, 0.5) is 0 Å². The molecule has 0 aromatic rings. The van der Waals surface area contributed by atoms with Crippen molar-refractivity contribution < 1.29 is 9.47 Å². The first-order chi connectivity index (χ1) is 9.50. The molecule has 2 atom stereocenters. The highest BCUT2D eigenvalue weighted by Crippen LogP contribution is 2.26. The van der Waals surface area contributed by atoms with E-state index in [-0.39, 0.29) is 17.7 Å². The second-order valence-electron chi connectivity index (χ2n) is 5.11. The number of rotatable bonds is 4. The van der Waals surface area contributed by atoms with Gasteiger partial charge in [0.25, 0.3) is 0 Å². The van der Waals surface area contributed by atoms with Crippen molar-refractivity contribution in [3.05, 3.63) is 25.3 Å². The van der Waals surface area contributed by atoms with Gasteiger partial charge in [0.15, 0.2) is 0 Å². The number of nitrogens with zero attached hydrogens (tertiary/aromatic N) is 2. The molecule has 20 heavy (non-hydrogen) atoms. The van der Waals surface area contributed by atoms with Crippen molar-refractivity contribution in [3.8, 4) is 0 Å². The second kappa shape index (κ2) is 7.27. The summed E-state index contributed by atoms with van der Waals surface area (Å²) in [5.41, 5.74) is 0.0452. The maximum atomic E-state index is 5.33. The van der Waals surface area contributed by atoms with E-state index < -0.39 is 0 Å². The number of hydrogen-bond acceptors (Lipinski definition) is 4. The smallest absolute Gasteiger partial charge is 0.208 e. The Hall–Kier alpha value is -1.58. The van der Waals surface area contributed by atoms with Crippen molar-refractivity contribution >= 4 is 11.8 Å². The van der Waals surface area contributed by atoms with Crippen LogP contribution in [0.5, 0.6) is 0 Å². The summed E-state index contributed by atoms with van der Waals surface area (Å²) in [5, 5.41) is 0. The van der Waals surface area contributed by atoms with E-state index in [1.165, 1.54) is 0 Å². The van der Waals surface area contributed by atoms with E-state index in [4.69, 9.17) is 9.47 Å². The van der Waals surface area contributed by atoms with Crippen LogP contribution in [-0.4, -0.2) is 36.1 Å². The van der Waals surface area contributed by atoms with Crippen LogP contribution in [-0.2, 0) is 9.47 Å². The zero-order chi connectivity index (χ0) is 15.2. The lowest BCUT2D eigenvalue weighted by molar-refractivity contribution is 0.220. The molecule has 2 unspecified atom stereocenters. The molecule has 2 rings (SSSR count). The normalized spacial score (nSPS) is 26.4. The monoisotopic (exact) mass is 278 g/mol. The average molecular weight is 278 g/mol. The fourth-order valence-electron chi connectivity index (χ4n) is 1.95. The van der Waals surface area contributed by atoms with Gasteiger partial charge in [0.2, 0.25) is 11.8 Å². The Labute approximate surface area is 122 Å². The SMILES string of the molecule is C=CC1=NC(C)C(C)O1.C=CC1=NC(CC)(CC)CO1. The summed E-state index contributed by atoms with van der Waals surface area (Å²) >= 11 is 0. The Kier molecular flexibility index (Phi) is 5.99. The quantitative estimate of drug-likeness (QED) is 0.789. The first-order valence-corrected chi connectivity index (χ1v) is 7.22. The minimum absolute atomic E-state index is 0.0452. The minimum Gasteiger partial charge on any atom is -0.475 e. The molecule has 0 fully saturated rings. The maximum absolute atomic E-state index is 5.33. The highest BCUT2D eigenvalue weighted by atomic mass is 16.5. The molecule has 0 amide bonds. The van der Waals surface area contributed by atoms with Gasteiger partial charge < -0.3 is 9.47 Å². The molecule has 0 radical (unpaired) electrons. The Morgan fingerprint density at radius 1 is 1.20 bits per heavy atom. The van der Waals surface area contributed by atoms with Crippen molar-refractivity contribution in [2.75, 3.05) is 6.61 Å². The van der Waals surface area contributed by atoms with Gasteiger partial charge in [0.1, 0.15) is 12.7 Å². The van der Waals surface area contributed by atoms with Crippen LogP contribution >= 0.6 is 0 Å². The van der Waals surface area contributed by atoms with Gasteiger partial charge in [0, 0.05) is 0 Å². The standard InChI is InChI=1S/C9H15NO.C7H11NO/c1-4-8-10-9(5-2,6-3)7-11-8;1-4-7-8-5(2)6(3)9-7/h4H,1,5-7H2,2-3H3;4-6H,1H2,2-3H3. The third-order valence-corrected chi connectivity index (χ3v) is 3.82. The minimum atomic E-state index is 0.0452. The van der Waals surface area contributed by atoms with Gasteiger partial charge >= 0.3 is 0 Å². The zero-order valence-electron chi connectivity index (χ0n) is 13.1. The molecule has 0 aromatic carbocycles. The third kappa shape index (κ3) is 3.95. The second-order valence-corrected chi connectivity index (χ2v) is 5.11. The number of hydrogen-bond donors (Lipinski definition) is 0. The fraction of sp³-hybridized carbons (Fsp3) is 0.625. The first-order valence-electron chi connectivity index (χ1n) is 7.22. The van der Waals surface area contributed by atoms with E-state index in [1.54, 1.807) is 12.2 Å². The molecule has 0 saturated carbocycles. The molecule has 0 spiro atoms. The van der Waals surface area contributed by atoms with Crippen LogP contribution in [0.3, 0.4) is 0 Å². The average Bonchev–Trinajstić information content (AvgIpc) is 3.04. The Balaban J connectivity index is 0.000000204. The molecular formula is C16H26N2O2. The van der Waals surface area contributed by atoms with Gasteiger partial charge in [-0.05, 0) is 38.8 Å². The van der Waals surface area contributed by atoms with Gasteiger partial charge in [-0.15, -0.1) is 0 Å². The first kappa shape index (κ1) is 16.5. The highest BCUT2D eigenvalue weighted by molar-refractivity contribution is 5.89. The molecule has 0 saturated heterocycles. The lowest BCUT2D eigenvalue weighted by Gasteiger charge is -2.18. The van der Waals surface area contributed by atoms with Crippen LogP contribution in [0.1, 0.15) is 40.5 Å². The van der Waals surface area contributed by atoms with Crippen molar-refractivity contribution in [3.63, 3.8) is 0 Å². The molecule has 2 heterocycles. The van der Waals surface area contributed by atoms with Gasteiger partial charge in [-0.2, -0.15) is 0 Å². The number of aliphatic imine (C=N–C) groups is 2. The molecule has 0 N–H and O–H groups in total. The zero-order valence-corrected chi connectivity index (χ0v) is 13.1. The van der Waals surface area contributed by atoms with Crippen LogP contribution in [0.25, 0.3) is 0 Å². The Morgan fingerprint density at radius 2 is 1.80 bits per heavy atom. The molecule has 0 aromatic heterocycles. The van der Waals surface area contributed by atoms with Crippen molar-refractivity contribution in [2.24, 2.45) is 9.98 Å². The van der Waals surface area contributed by atoms with Crippen molar-refractivity contribution in [1.29, 1.82) is 0 Å². The summed E-state index contributed by atoms with van der Waals surface area (Å²) in [7, 11) is 0. The van der Waals surface area contributed by atoms with E-state index >= 15 is 0 Å². The Morgan fingerprint density at radius 3 is 2.05 bits per heavy atom. The van der Waals surface area contributed by atoms with E-state index in [9.17, 15) is 0 Å². The van der Waals surface area contributed by atoms with Crippen LogP contribution in [0.2, 0.25) is 0 Å². The topological polar surface area (TPSA) is 43.2 Å². The molecule has 4 nitrogen and oxygen atoms in total. The molecular weight excluding hydrogens is 252 g/mol. The van der Waals surface area contributed by atoms with Crippen molar-refractivity contribution in [1.82, 2.24) is 0 Å². The van der Waals surface area contributed by atoms with E-state index in [0.717, 1.165) is 19.4 Å². The highest BCUT2D eigenvalue weighted by Gasteiger charge is 2.31. The van der Waals surface area contributed by atoms with E-state index in [1.807, 2.05) is 13.8 Å². The van der Waals surface area contributed by atoms with Crippen molar-refractivity contribution in [2.45, 2.75) is 58.2 Å². The van der Waals surface area contributed by atoms with Crippen LogP contribution in [0.15, 0.2) is 35.3 Å². The van der Waals surface area contributed by atoms with E-state index in [2.05, 4.69) is 37.0 Å². The summed E-state index contributed by atoms with van der Waals surface area (Å²) in [6.07, 6.45) is 5.62. The molecule has 0 bridgehead atoms. The van der Waals surface area contributed by atoms with Crippen LogP contribution < -0.4 is 0 Å². The van der Waals surface area contributed by atoms with E-state index in [0.29, 0.717) is 11.8 Å². The molecule has 2 aliphatic heterocycles. The van der Waals surface area contributed by atoms with Gasteiger partial charge in [-0.1, -0.05) is 27.0 Å². The predicted octanol–water partition coefficient (Wildman–Crippen LogP) is 3.54. The Bertz CT molecular complexity index is 409. The molecule has 4 heteroatoms. The lowest BCUT2D eigenvalue weighted by atomic mass is 9.96. The lowest BCUT2D eigenvalue weighted by Crippen LogP contribution is -2.25. The third-order valence-electron chi connectivity index (χ3n) is 3.82. The predicted molar refractivity (Wildman–Crippen MR) is 84.5 cm³/mol. The van der Waals surface area contributed by atoms with Crippen LogP contribution in [0, 0.1) is 0 Å². The van der Waals surface area contributed by atoms with Gasteiger partial charge in [-0.3, -0.25) is 0 Å². The number of ether oxygens (including phenoxy) is 2. The summed E-state index contributed by atoms with van der Waals surface area (Å²) in [4.78, 5) is 8.62. The molecule has 2 aliphatic rings. The summed E-state index contributed by atoms with van der Waals surface area (Å²) in [5.74, 6) is 1.38.